The van der Waals surface area contributed by atoms with Crippen LogP contribution in [0.5, 0.6) is 0 Å². The molecule has 2 heterocycles. The molecule has 1 saturated heterocycles. The van der Waals surface area contributed by atoms with Crippen molar-refractivity contribution in [2.45, 2.75) is 12.3 Å². The molecule has 3 rings (SSSR count). The van der Waals surface area contributed by atoms with Crippen molar-refractivity contribution in [2.75, 3.05) is 24.6 Å². The topological polar surface area (TPSA) is 25.4 Å². The molecule has 0 unspecified atom stereocenters. The van der Waals surface area contributed by atoms with Crippen LogP contribution < -0.4 is 4.90 Å². The number of aromatic nitrogens is 1. The third-order valence-corrected chi connectivity index (χ3v) is 3.34. The molecule has 0 amide bonds. The summed E-state index contributed by atoms with van der Waals surface area (Å²) >= 11 is 0. The average molecular weight is 282 g/mol. The summed E-state index contributed by atoms with van der Waals surface area (Å²) in [4.78, 5) is 6.04. The maximum Gasteiger partial charge on any atom is 0.416 e. The first kappa shape index (κ1) is 13.2. The standard InChI is InChI=1S/C14H13F3N2O/c15-14(16,17)12-9-19(7-8-20-12)13-6-5-10-3-1-2-4-11(10)18-13/h1-6,12H,7-9H2/t12-/m1/s1. The van der Waals surface area contributed by atoms with Crippen LogP contribution in [0.2, 0.25) is 0 Å². The lowest BCUT2D eigenvalue weighted by molar-refractivity contribution is -0.221. The van der Waals surface area contributed by atoms with Crippen molar-refractivity contribution in [3.8, 4) is 0 Å². The van der Waals surface area contributed by atoms with Gasteiger partial charge in [0, 0.05) is 11.9 Å². The van der Waals surface area contributed by atoms with Crippen LogP contribution in [0.25, 0.3) is 10.9 Å². The van der Waals surface area contributed by atoms with Gasteiger partial charge in [-0.3, -0.25) is 0 Å². The fraction of sp³-hybridized carbons (Fsp3) is 0.357. The Labute approximate surface area is 114 Å². The summed E-state index contributed by atoms with van der Waals surface area (Å²) in [5.74, 6) is 0.557. The van der Waals surface area contributed by atoms with E-state index < -0.39 is 12.3 Å². The number of ether oxygens (including phenoxy) is 1. The lowest BCUT2D eigenvalue weighted by Gasteiger charge is -2.34. The van der Waals surface area contributed by atoms with E-state index in [1.165, 1.54) is 0 Å². The second-order valence-electron chi connectivity index (χ2n) is 4.71. The van der Waals surface area contributed by atoms with Gasteiger partial charge < -0.3 is 9.64 Å². The Bertz CT molecular complexity index is 615. The molecule has 1 aromatic carbocycles. The van der Waals surface area contributed by atoms with E-state index in [1.807, 2.05) is 30.3 Å². The van der Waals surface area contributed by atoms with Gasteiger partial charge in [-0.25, -0.2) is 4.98 Å². The molecule has 0 bridgehead atoms. The molecular weight excluding hydrogens is 269 g/mol. The van der Waals surface area contributed by atoms with Crippen molar-refractivity contribution >= 4 is 16.7 Å². The van der Waals surface area contributed by atoms with E-state index in [1.54, 1.807) is 11.0 Å². The Hall–Kier alpha value is -1.82. The molecule has 0 aliphatic carbocycles. The van der Waals surface area contributed by atoms with Gasteiger partial charge >= 0.3 is 6.18 Å². The molecule has 0 N–H and O–H groups in total. The Morgan fingerprint density at radius 2 is 1.95 bits per heavy atom. The first-order chi connectivity index (χ1) is 9.54. The minimum Gasteiger partial charge on any atom is -0.365 e. The van der Waals surface area contributed by atoms with E-state index >= 15 is 0 Å². The van der Waals surface area contributed by atoms with E-state index in [0.29, 0.717) is 12.4 Å². The zero-order valence-electron chi connectivity index (χ0n) is 10.6. The molecule has 3 nitrogen and oxygen atoms in total. The maximum absolute atomic E-state index is 12.7. The number of halogens is 3. The Morgan fingerprint density at radius 3 is 2.75 bits per heavy atom. The molecule has 2 aromatic rings. The number of hydrogen-bond donors (Lipinski definition) is 0. The monoisotopic (exact) mass is 282 g/mol. The Kier molecular flexibility index (Phi) is 3.25. The van der Waals surface area contributed by atoms with E-state index in [2.05, 4.69) is 4.98 Å². The maximum atomic E-state index is 12.7. The highest BCUT2D eigenvalue weighted by molar-refractivity contribution is 5.80. The van der Waals surface area contributed by atoms with Crippen molar-refractivity contribution in [2.24, 2.45) is 0 Å². The molecule has 6 heteroatoms. The molecule has 0 saturated carbocycles. The van der Waals surface area contributed by atoms with Gasteiger partial charge in [-0.2, -0.15) is 13.2 Å². The van der Waals surface area contributed by atoms with Crippen molar-refractivity contribution in [3.63, 3.8) is 0 Å². The summed E-state index contributed by atoms with van der Waals surface area (Å²) in [6.45, 7) is 0.255. The van der Waals surface area contributed by atoms with Crippen molar-refractivity contribution in [1.29, 1.82) is 0 Å². The third kappa shape index (κ3) is 2.56. The number of hydrogen-bond acceptors (Lipinski definition) is 3. The van der Waals surface area contributed by atoms with Gasteiger partial charge in [0.1, 0.15) is 5.82 Å². The molecule has 1 atom stereocenters. The molecule has 20 heavy (non-hydrogen) atoms. The van der Waals surface area contributed by atoms with Crippen molar-refractivity contribution in [1.82, 2.24) is 4.98 Å². The first-order valence-corrected chi connectivity index (χ1v) is 6.33. The van der Waals surface area contributed by atoms with Gasteiger partial charge in [-0.05, 0) is 18.2 Å². The zero-order chi connectivity index (χ0) is 14.2. The van der Waals surface area contributed by atoms with Gasteiger partial charge in [0.25, 0.3) is 0 Å². The molecule has 0 radical (unpaired) electrons. The second-order valence-corrected chi connectivity index (χ2v) is 4.71. The number of para-hydroxylation sites is 1. The van der Waals surface area contributed by atoms with Gasteiger partial charge in [-0.1, -0.05) is 18.2 Å². The molecule has 1 aliphatic rings. The third-order valence-electron chi connectivity index (χ3n) is 3.34. The summed E-state index contributed by atoms with van der Waals surface area (Å²) in [6.07, 6.45) is -6.08. The highest BCUT2D eigenvalue weighted by atomic mass is 19.4. The Morgan fingerprint density at radius 1 is 1.15 bits per heavy atom. The zero-order valence-corrected chi connectivity index (χ0v) is 10.6. The summed E-state index contributed by atoms with van der Waals surface area (Å²) in [6, 6.07) is 11.1. The predicted molar refractivity (Wildman–Crippen MR) is 69.8 cm³/mol. The highest BCUT2D eigenvalue weighted by Crippen LogP contribution is 2.28. The van der Waals surface area contributed by atoms with E-state index in [4.69, 9.17) is 4.74 Å². The van der Waals surface area contributed by atoms with Crippen LogP contribution in [0.4, 0.5) is 19.0 Å². The Balaban J connectivity index is 1.87. The number of benzene rings is 1. The molecule has 1 aliphatic heterocycles. The van der Waals surface area contributed by atoms with E-state index in [-0.39, 0.29) is 13.2 Å². The van der Waals surface area contributed by atoms with E-state index in [9.17, 15) is 13.2 Å². The molecule has 106 valence electrons. The van der Waals surface area contributed by atoms with E-state index in [0.717, 1.165) is 10.9 Å². The van der Waals surface area contributed by atoms with Gasteiger partial charge in [-0.15, -0.1) is 0 Å². The number of morpholine rings is 1. The fourth-order valence-corrected chi connectivity index (χ4v) is 2.29. The summed E-state index contributed by atoms with van der Waals surface area (Å²) in [5.41, 5.74) is 0.778. The van der Waals surface area contributed by atoms with Gasteiger partial charge in [0.2, 0.25) is 0 Å². The number of anilines is 1. The van der Waals surface area contributed by atoms with Crippen LogP contribution >= 0.6 is 0 Å². The average Bonchev–Trinajstić information content (AvgIpc) is 2.46. The van der Waals surface area contributed by atoms with Crippen LogP contribution in [-0.4, -0.2) is 37.0 Å². The summed E-state index contributed by atoms with van der Waals surface area (Å²) in [7, 11) is 0. The molecule has 0 spiro atoms. The summed E-state index contributed by atoms with van der Waals surface area (Å²) in [5, 5.41) is 0.969. The first-order valence-electron chi connectivity index (χ1n) is 6.33. The minimum atomic E-state index is -4.34. The largest absolute Gasteiger partial charge is 0.416 e. The number of pyridine rings is 1. The molecular formula is C14H13F3N2O. The predicted octanol–water partition coefficient (Wildman–Crippen LogP) is 3.00. The lowest BCUT2D eigenvalue weighted by atomic mass is 10.2. The van der Waals surface area contributed by atoms with Crippen LogP contribution in [0, 0.1) is 0 Å². The number of nitrogens with zero attached hydrogens (tertiary/aromatic N) is 2. The quantitative estimate of drug-likeness (QED) is 0.804. The summed E-state index contributed by atoms with van der Waals surface area (Å²) < 4.78 is 42.9. The normalized spacial score (nSPS) is 20.4. The number of fused-ring (bicyclic) bond motifs is 1. The SMILES string of the molecule is FC(F)(F)[C@H]1CN(c2ccc3ccccc3n2)CCO1. The van der Waals surface area contributed by atoms with Crippen LogP contribution in [0.3, 0.4) is 0 Å². The van der Waals surface area contributed by atoms with Gasteiger partial charge in [0.05, 0.1) is 18.7 Å². The number of alkyl halides is 3. The van der Waals surface area contributed by atoms with Gasteiger partial charge in [0.15, 0.2) is 6.10 Å². The fourth-order valence-electron chi connectivity index (χ4n) is 2.29. The molecule has 1 fully saturated rings. The van der Waals surface area contributed by atoms with Crippen LogP contribution in [0.15, 0.2) is 36.4 Å². The lowest BCUT2D eigenvalue weighted by Crippen LogP contribution is -2.49. The smallest absolute Gasteiger partial charge is 0.365 e. The minimum absolute atomic E-state index is 0.0542. The molecule has 1 aromatic heterocycles. The highest BCUT2D eigenvalue weighted by Gasteiger charge is 2.43. The van der Waals surface area contributed by atoms with Crippen LogP contribution in [0.1, 0.15) is 0 Å². The second kappa shape index (κ2) is 4.94. The van der Waals surface area contributed by atoms with Crippen molar-refractivity contribution < 1.29 is 17.9 Å². The van der Waals surface area contributed by atoms with Crippen LogP contribution in [-0.2, 0) is 4.74 Å². The van der Waals surface area contributed by atoms with Crippen molar-refractivity contribution in [3.05, 3.63) is 36.4 Å². The number of rotatable bonds is 1.